The average molecular weight is 299 g/mol. The zero-order chi connectivity index (χ0) is 15.1. The number of hydrogen-bond acceptors (Lipinski definition) is 5. The number of carbonyl (C=O) groups excluding carboxylic acids is 1. The number of hydrogen-bond donors (Lipinski definition) is 0. The molecule has 4 heterocycles. The van der Waals surface area contributed by atoms with Gasteiger partial charge in [-0.05, 0) is 31.7 Å². The molecule has 0 N–H and O–H groups in total. The highest BCUT2D eigenvalue weighted by Crippen LogP contribution is 2.31. The summed E-state index contributed by atoms with van der Waals surface area (Å²) in [5, 5.41) is 0.995. The molecule has 4 rings (SSSR count). The van der Waals surface area contributed by atoms with Crippen molar-refractivity contribution in [1.82, 2.24) is 14.5 Å². The van der Waals surface area contributed by atoms with Gasteiger partial charge in [-0.2, -0.15) is 9.97 Å². The molecule has 0 atom stereocenters. The summed E-state index contributed by atoms with van der Waals surface area (Å²) in [7, 11) is 1.90. The number of carbonyl (C=O) groups is 1. The molecule has 6 nitrogen and oxygen atoms in total. The second kappa shape index (κ2) is 5.26. The molecule has 0 unspecified atom stereocenters. The maximum Gasteiger partial charge on any atom is 0.229 e. The average Bonchev–Trinajstić information content (AvgIpc) is 3.28. The normalized spacial score (nSPS) is 18.6. The first-order valence-corrected chi connectivity index (χ1v) is 8.10. The second-order valence-corrected chi connectivity index (χ2v) is 6.22. The molecule has 0 spiro atoms. The zero-order valence-electron chi connectivity index (χ0n) is 13.0. The second-order valence-electron chi connectivity index (χ2n) is 6.22. The number of fused-ring (bicyclic) bond motifs is 1. The van der Waals surface area contributed by atoms with Crippen molar-refractivity contribution in [3.63, 3.8) is 0 Å². The van der Waals surface area contributed by atoms with Crippen molar-refractivity contribution in [1.29, 1.82) is 0 Å². The Hall–Kier alpha value is -2.11. The van der Waals surface area contributed by atoms with Crippen LogP contribution in [0.5, 0.6) is 0 Å². The van der Waals surface area contributed by atoms with Gasteiger partial charge in [0.15, 0.2) is 6.29 Å². The maximum absolute atomic E-state index is 11.3. The summed E-state index contributed by atoms with van der Waals surface area (Å²) in [6, 6.07) is 1.92. The molecule has 0 radical (unpaired) electrons. The molecule has 0 aromatic carbocycles. The van der Waals surface area contributed by atoms with Crippen molar-refractivity contribution in [3.05, 3.63) is 11.8 Å². The van der Waals surface area contributed by atoms with Crippen molar-refractivity contribution >= 4 is 29.1 Å². The molecule has 0 aliphatic carbocycles. The Balaban J connectivity index is 1.90. The molecular formula is C16H21N5O. The third-order valence-corrected chi connectivity index (χ3v) is 4.81. The molecule has 6 heteroatoms. The molecule has 2 aliphatic rings. The first-order valence-electron chi connectivity index (χ1n) is 8.10. The Kier molecular flexibility index (Phi) is 3.24. The lowest BCUT2D eigenvalue weighted by atomic mass is 10.3. The smallest absolute Gasteiger partial charge is 0.229 e. The number of rotatable bonds is 3. The van der Waals surface area contributed by atoms with E-state index in [-0.39, 0.29) is 0 Å². The van der Waals surface area contributed by atoms with E-state index < -0.39 is 0 Å². The molecule has 0 bridgehead atoms. The quantitative estimate of drug-likeness (QED) is 0.811. The Morgan fingerprint density at radius 2 is 1.64 bits per heavy atom. The van der Waals surface area contributed by atoms with E-state index in [0.29, 0.717) is 5.69 Å². The molecular weight excluding hydrogens is 278 g/mol. The summed E-state index contributed by atoms with van der Waals surface area (Å²) in [6.45, 7) is 4.12. The van der Waals surface area contributed by atoms with Gasteiger partial charge in [-0.1, -0.05) is 0 Å². The van der Waals surface area contributed by atoms with Crippen LogP contribution in [-0.2, 0) is 7.05 Å². The van der Waals surface area contributed by atoms with Gasteiger partial charge in [0, 0.05) is 33.2 Å². The Labute approximate surface area is 129 Å². The van der Waals surface area contributed by atoms with Crippen LogP contribution in [0, 0.1) is 0 Å². The van der Waals surface area contributed by atoms with Crippen molar-refractivity contribution in [2.75, 3.05) is 36.0 Å². The van der Waals surface area contributed by atoms with Crippen molar-refractivity contribution in [2.45, 2.75) is 25.7 Å². The molecule has 0 saturated carbocycles. The first-order chi connectivity index (χ1) is 10.8. The van der Waals surface area contributed by atoms with Crippen molar-refractivity contribution in [2.24, 2.45) is 7.05 Å². The number of nitrogens with zero attached hydrogens (tertiary/aromatic N) is 5. The Morgan fingerprint density at radius 1 is 1.00 bits per heavy atom. The summed E-state index contributed by atoms with van der Waals surface area (Å²) in [6.07, 6.45) is 5.71. The molecule has 116 valence electrons. The lowest BCUT2D eigenvalue weighted by molar-refractivity contribution is 0.111. The zero-order valence-corrected chi connectivity index (χ0v) is 13.0. The summed E-state index contributed by atoms with van der Waals surface area (Å²) >= 11 is 0. The maximum atomic E-state index is 11.3. The molecule has 2 saturated heterocycles. The summed E-state index contributed by atoms with van der Waals surface area (Å²) in [5.41, 5.74) is 1.52. The highest BCUT2D eigenvalue weighted by Gasteiger charge is 2.23. The van der Waals surface area contributed by atoms with Crippen LogP contribution in [0.3, 0.4) is 0 Å². The number of aldehydes is 1. The summed E-state index contributed by atoms with van der Waals surface area (Å²) in [4.78, 5) is 25.5. The topological polar surface area (TPSA) is 54.3 Å². The number of anilines is 2. The minimum atomic E-state index is 0.656. The number of aromatic nitrogens is 3. The van der Waals surface area contributed by atoms with E-state index in [1.165, 1.54) is 25.7 Å². The predicted molar refractivity (Wildman–Crippen MR) is 86.8 cm³/mol. The van der Waals surface area contributed by atoms with Gasteiger partial charge in [-0.3, -0.25) is 4.79 Å². The summed E-state index contributed by atoms with van der Waals surface area (Å²) in [5.74, 6) is 1.80. The standard InChI is InChI=1S/C16H21N5O/c1-19-12(11-22)10-13-14(19)17-16(21-8-4-5-9-21)18-15(13)20-6-2-3-7-20/h10-11H,2-9H2,1H3. The first kappa shape index (κ1) is 13.5. The van der Waals surface area contributed by atoms with Gasteiger partial charge in [-0.15, -0.1) is 0 Å². The van der Waals surface area contributed by atoms with Gasteiger partial charge in [0.05, 0.1) is 11.1 Å². The van der Waals surface area contributed by atoms with Gasteiger partial charge in [-0.25, -0.2) is 0 Å². The van der Waals surface area contributed by atoms with Gasteiger partial charge >= 0.3 is 0 Å². The van der Waals surface area contributed by atoms with Crippen LogP contribution in [0.25, 0.3) is 11.0 Å². The molecule has 22 heavy (non-hydrogen) atoms. The van der Waals surface area contributed by atoms with Crippen LogP contribution in [0.15, 0.2) is 6.07 Å². The van der Waals surface area contributed by atoms with Crippen molar-refractivity contribution < 1.29 is 4.79 Å². The van der Waals surface area contributed by atoms with Crippen LogP contribution in [0.4, 0.5) is 11.8 Å². The van der Waals surface area contributed by atoms with E-state index in [4.69, 9.17) is 9.97 Å². The summed E-state index contributed by atoms with van der Waals surface area (Å²) < 4.78 is 1.88. The van der Waals surface area contributed by atoms with E-state index in [1.807, 2.05) is 17.7 Å². The van der Waals surface area contributed by atoms with E-state index in [1.54, 1.807) is 0 Å². The minimum absolute atomic E-state index is 0.656. The fraction of sp³-hybridized carbons (Fsp3) is 0.562. The minimum Gasteiger partial charge on any atom is -0.356 e. The predicted octanol–water partition coefficient (Wildman–Crippen LogP) is 1.98. The van der Waals surface area contributed by atoms with Gasteiger partial charge < -0.3 is 14.4 Å². The molecule has 2 aromatic heterocycles. The third kappa shape index (κ3) is 2.05. The third-order valence-electron chi connectivity index (χ3n) is 4.81. The van der Waals surface area contributed by atoms with Crippen LogP contribution >= 0.6 is 0 Å². The molecule has 2 aromatic rings. The van der Waals surface area contributed by atoms with Crippen LogP contribution in [0.2, 0.25) is 0 Å². The van der Waals surface area contributed by atoms with Crippen LogP contribution in [0.1, 0.15) is 36.2 Å². The van der Waals surface area contributed by atoms with E-state index in [9.17, 15) is 4.79 Å². The lowest BCUT2D eigenvalue weighted by Gasteiger charge is -2.21. The molecule has 2 fully saturated rings. The monoisotopic (exact) mass is 299 g/mol. The van der Waals surface area contributed by atoms with Crippen LogP contribution in [-0.4, -0.2) is 47.0 Å². The highest BCUT2D eigenvalue weighted by atomic mass is 16.1. The Morgan fingerprint density at radius 3 is 2.27 bits per heavy atom. The van der Waals surface area contributed by atoms with Crippen molar-refractivity contribution in [3.8, 4) is 0 Å². The van der Waals surface area contributed by atoms with Gasteiger partial charge in [0.1, 0.15) is 11.5 Å². The fourth-order valence-electron chi connectivity index (χ4n) is 3.53. The molecule has 2 aliphatic heterocycles. The highest BCUT2D eigenvalue weighted by molar-refractivity contribution is 5.94. The largest absolute Gasteiger partial charge is 0.356 e. The lowest BCUT2D eigenvalue weighted by Crippen LogP contribution is -2.24. The SMILES string of the molecule is Cn1c(C=O)cc2c(N3CCCC3)nc(N3CCCC3)nc21. The fourth-order valence-corrected chi connectivity index (χ4v) is 3.53. The van der Waals surface area contributed by atoms with Crippen LogP contribution < -0.4 is 9.80 Å². The van der Waals surface area contributed by atoms with Gasteiger partial charge in [0.2, 0.25) is 5.95 Å². The molecule has 0 amide bonds. The number of aryl methyl sites for hydroxylation is 1. The van der Waals surface area contributed by atoms with E-state index in [2.05, 4.69) is 9.80 Å². The van der Waals surface area contributed by atoms with E-state index >= 15 is 0 Å². The van der Waals surface area contributed by atoms with Gasteiger partial charge in [0.25, 0.3) is 0 Å². The Bertz CT molecular complexity index is 711. The van der Waals surface area contributed by atoms with E-state index in [0.717, 1.165) is 55.3 Å².